The molecular weight excluding hydrogens is 116 g/mol. The van der Waals surface area contributed by atoms with Gasteiger partial charge in [0.2, 0.25) is 0 Å². The molecule has 0 unspecified atom stereocenters. The van der Waals surface area contributed by atoms with Gasteiger partial charge in [-0.3, -0.25) is 4.99 Å². The molecule has 0 saturated heterocycles. The Morgan fingerprint density at radius 3 is 3.00 bits per heavy atom. The number of allylic oxidation sites excluding steroid dienone is 1. The molecule has 0 aliphatic rings. The molecule has 0 bridgehead atoms. The van der Waals surface area contributed by atoms with Gasteiger partial charge in [-0.1, -0.05) is 0 Å². The van der Waals surface area contributed by atoms with Gasteiger partial charge in [0.25, 0.3) is 0 Å². The number of nitrogens with zero attached hydrogens (tertiary/aromatic N) is 1. The average molecular weight is 128 g/mol. The Balaban J connectivity index is 3.04. The largest absolute Gasteiger partial charge is 0.405 e. The lowest BCUT2D eigenvalue weighted by molar-refractivity contribution is 0.208. The zero-order valence-electron chi connectivity index (χ0n) is 5.58. The lowest BCUT2D eigenvalue weighted by Gasteiger charge is -1.88. The maximum atomic E-state index is 5.04. The topological polar surface area (TPSA) is 47.6 Å². The zero-order valence-corrected chi connectivity index (χ0v) is 5.58. The van der Waals surface area contributed by atoms with E-state index >= 15 is 0 Å². The van der Waals surface area contributed by atoms with Gasteiger partial charge in [-0.2, -0.15) is 0 Å². The van der Waals surface area contributed by atoms with Crippen LogP contribution in [0.2, 0.25) is 0 Å². The molecule has 0 aromatic carbocycles. The normalized spacial score (nSPS) is 11.7. The third-order valence-corrected chi connectivity index (χ3v) is 0.727. The van der Waals surface area contributed by atoms with E-state index in [9.17, 15) is 0 Å². The Bertz CT molecular complexity index is 99.2. The van der Waals surface area contributed by atoms with Crippen LogP contribution in [0.25, 0.3) is 0 Å². The van der Waals surface area contributed by atoms with Gasteiger partial charge in [-0.15, -0.1) is 0 Å². The van der Waals surface area contributed by atoms with Crippen molar-refractivity contribution in [2.75, 3.05) is 20.3 Å². The highest BCUT2D eigenvalue weighted by Crippen LogP contribution is 1.69. The quantitative estimate of drug-likeness (QED) is 0.433. The molecule has 0 spiro atoms. The summed E-state index contributed by atoms with van der Waals surface area (Å²) in [6.45, 7) is 1.36. The summed E-state index contributed by atoms with van der Waals surface area (Å²) in [4.78, 5) is 3.93. The molecule has 2 N–H and O–H groups in total. The van der Waals surface area contributed by atoms with Crippen molar-refractivity contribution in [3.63, 3.8) is 0 Å². The number of methoxy groups -OCH3 is 1. The van der Waals surface area contributed by atoms with Crippen LogP contribution in [0.15, 0.2) is 17.3 Å². The summed E-state index contributed by atoms with van der Waals surface area (Å²) in [5.74, 6) is 0. The van der Waals surface area contributed by atoms with Gasteiger partial charge in [0.15, 0.2) is 0 Å². The van der Waals surface area contributed by atoms with Crippen molar-refractivity contribution in [2.24, 2.45) is 10.7 Å². The molecule has 0 aliphatic heterocycles. The first-order chi connectivity index (χ1) is 4.41. The average Bonchev–Trinajstić information content (AvgIpc) is 1.89. The van der Waals surface area contributed by atoms with Crippen LogP contribution in [0.3, 0.4) is 0 Å². The number of rotatable bonds is 4. The van der Waals surface area contributed by atoms with Gasteiger partial charge in [-0.05, 0) is 12.3 Å². The van der Waals surface area contributed by atoms with Crippen molar-refractivity contribution in [3.05, 3.63) is 12.3 Å². The molecule has 3 heteroatoms. The van der Waals surface area contributed by atoms with Crippen LogP contribution in [0.4, 0.5) is 0 Å². The molecule has 0 aromatic heterocycles. The van der Waals surface area contributed by atoms with Gasteiger partial charge in [-0.25, -0.2) is 0 Å². The molecule has 0 atom stereocenters. The highest BCUT2D eigenvalue weighted by Gasteiger charge is 1.73. The standard InChI is InChI=1S/C6H12N2O/c1-9-6-5-8-4-2-3-7/h2-4H,5-7H2,1H3. The smallest absolute Gasteiger partial charge is 0.0658 e. The van der Waals surface area contributed by atoms with Crippen molar-refractivity contribution >= 4 is 6.21 Å². The Hall–Kier alpha value is -0.830. The van der Waals surface area contributed by atoms with Crippen molar-refractivity contribution in [1.82, 2.24) is 0 Å². The van der Waals surface area contributed by atoms with Crippen LogP contribution in [0.1, 0.15) is 0 Å². The molecule has 0 radical (unpaired) electrons. The minimum atomic E-state index is 0.662. The first kappa shape index (κ1) is 8.17. The molecule has 0 heterocycles. The highest BCUT2D eigenvalue weighted by molar-refractivity contribution is 5.70. The number of hydrogen-bond donors (Lipinski definition) is 1. The predicted octanol–water partition coefficient (Wildman–Crippen LogP) is 0.176. The number of nitrogens with two attached hydrogens (primary N) is 1. The summed E-state index contributed by atoms with van der Waals surface area (Å²) in [7, 11) is 1.65. The summed E-state index contributed by atoms with van der Waals surface area (Å²) in [5, 5.41) is 0. The van der Waals surface area contributed by atoms with E-state index in [-0.39, 0.29) is 0 Å². The monoisotopic (exact) mass is 128 g/mol. The Morgan fingerprint density at radius 1 is 1.67 bits per heavy atom. The molecule has 0 amide bonds. The van der Waals surface area contributed by atoms with E-state index in [2.05, 4.69) is 4.99 Å². The molecule has 0 aromatic rings. The van der Waals surface area contributed by atoms with Crippen LogP contribution in [-0.2, 0) is 4.74 Å². The van der Waals surface area contributed by atoms with E-state index in [0.717, 1.165) is 0 Å². The lowest BCUT2D eigenvalue weighted by Crippen LogP contribution is -1.92. The Morgan fingerprint density at radius 2 is 2.44 bits per heavy atom. The summed E-state index contributed by atoms with van der Waals surface area (Å²) in [5.41, 5.74) is 5.04. The zero-order chi connectivity index (χ0) is 6.95. The van der Waals surface area contributed by atoms with Gasteiger partial charge in [0.1, 0.15) is 0 Å². The summed E-state index contributed by atoms with van der Waals surface area (Å²) in [6.07, 6.45) is 4.77. The van der Waals surface area contributed by atoms with Crippen molar-refractivity contribution < 1.29 is 4.74 Å². The number of aliphatic imine (C=N–C) groups is 1. The third kappa shape index (κ3) is 7.17. The maximum Gasteiger partial charge on any atom is 0.0658 e. The SMILES string of the molecule is COCCN=CC=CN. The van der Waals surface area contributed by atoms with E-state index in [1.165, 1.54) is 6.20 Å². The summed E-state index contributed by atoms with van der Waals surface area (Å²) >= 11 is 0. The fourth-order valence-electron chi connectivity index (χ4n) is 0.329. The van der Waals surface area contributed by atoms with Crippen LogP contribution >= 0.6 is 0 Å². The first-order valence-corrected chi connectivity index (χ1v) is 2.77. The van der Waals surface area contributed by atoms with Crippen LogP contribution in [0, 0.1) is 0 Å². The minimum absolute atomic E-state index is 0.662. The van der Waals surface area contributed by atoms with E-state index in [4.69, 9.17) is 10.5 Å². The molecular formula is C6H12N2O. The van der Waals surface area contributed by atoms with E-state index in [1.807, 2.05) is 0 Å². The molecule has 0 rings (SSSR count). The molecule has 0 fully saturated rings. The predicted molar refractivity (Wildman–Crippen MR) is 38.6 cm³/mol. The Labute approximate surface area is 55.2 Å². The second kappa shape index (κ2) is 7.17. The Kier molecular flexibility index (Phi) is 6.51. The van der Waals surface area contributed by atoms with E-state index < -0.39 is 0 Å². The second-order valence-corrected chi connectivity index (χ2v) is 1.43. The molecule has 52 valence electrons. The fourth-order valence-corrected chi connectivity index (χ4v) is 0.329. The molecule has 0 aliphatic carbocycles. The van der Waals surface area contributed by atoms with Gasteiger partial charge >= 0.3 is 0 Å². The molecule has 3 nitrogen and oxygen atoms in total. The van der Waals surface area contributed by atoms with Crippen molar-refractivity contribution in [2.45, 2.75) is 0 Å². The first-order valence-electron chi connectivity index (χ1n) is 2.77. The fraction of sp³-hybridized carbons (Fsp3) is 0.500. The molecule has 0 saturated carbocycles. The summed E-state index contributed by atoms with van der Waals surface area (Å²) < 4.78 is 4.75. The van der Waals surface area contributed by atoms with Gasteiger partial charge in [0.05, 0.1) is 13.2 Å². The van der Waals surface area contributed by atoms with E-state index in [1.54, 1.807) is 19.4 Å². The number of hydrogen-bond acceptors (Lipinski definition) is 3. The maximum absolute atomic E-state index is 5.04. The van der Waals surface area contributed by atoms with Crippen molar-refractivity contribution in [3.8, 4) is 0 Å². The number of ether oxygens (including phenoxy) is 1. The van der Waals surface area contributed by atoms with Crippen molar-refractivity contribution in [1.29, 1.82) is 0 Å². The van der Waals surface area contributed by atoms with Crippen LogP contribution < -0.4 is 5.73 Å². The third-order valence-electron chi connectivity index (χ3n) is 0.727. The second-order valence-electron chi connectivity index (χ2n) is 1.43. The van der Waals surface area contributed by atoms with Crippen LogP contribution in [-0.4, -0.2) is 26.5 Å². The van der Waals surface area contributed by atoms with Gasteiger partial charge in [0, 0.05) is 13.3 Å². The van der Waals surface area contributed by atoms with E-state index in [0.29, 0.717) is 13.2 Å². The summed E-state index contributed by atoms with van der Waals surface area (Å²) in [6, 6.07) is 0. The van der Waals surface area contributed by atoms with Crippen LogP contribution in [0.5, 0.6) is 0 Å². The molecule has 9 heavy (non-hydrogen) atoms. The minimum Gasteiger partial charge on any atom is -0.405 e. The lowest BCUT2D eigenvalue weighted by atomic mass is 10.6. The highest BCUT2D eigenvalue weighted by atomic mass is 16.5. The van der Waals surface area contributed by atoms with Gasteiger partial charge < -0.3 is 10.5 Å².